The predicted octanol–water partition coefficient (Wildman–Crippen LogP) is 2.90. The Morgan fingerprint density at radius 3 is 1.74 bits per heavy atom. The number of aliphatic hydroxyl groups excluding tert-OH is 1. The van der Waals surface area contributed by atoms with Crippen LogP contribution in [-0.4, -0.2) is 56.6 Å². The molecule has 0 aliphatic carbocycles. The number of benzene rings is 2. The van der Waals surface area contributed by atoms with Gasteiger partial charge in [-0.15, -0.1) is 0 Å². The highest BCUT2D eigenvalue weighted by atomic mass is 16.5. The van der Waals surface area contributed by atoms with Crippen LogP contribution in [0.25, 0.3) is 0 Å². The monoisotopic (exact) mass is 314 g/mol. The SMILES string of the molecule is C[N+](C)(C)C[C@@H](O)COCC(c1ccccc1)c1ccccc1. The maximum Gasteiger partial charge on any atom is 0.126 e. The van der Waals surface area contributed by atoms with Gasteiger partial charge < -0.3 is 14.3 Å². The zero-order valence-corrected chi connectivity index (χ0v) is 14.4. The Morgan fingerprint density at radius 2 is 1.30 bits per heavy atom. The van der Waals surface area contributed by atoms with Crippen LogP contribution in [0.15, 0.2) is 60.7 Å². The largest absolute Gasteiger partial charge is 0.385 e. The molecule has 0 heterocycles. The van der Waals surface area contributed by atoms with Gasteiger partial charge in [-0.25, -0.2) is 0 Å². The number of hydrogen-bond acceptors (Lipinski definition) is 2. The maximum atomic E-state index is 10.1. The van der Waals surface area contributed by atoms with E-state index in [1.54, 1.807) is 0 Å². The molecule has 3 nitrogen and oxygen atoms in total. The van der Waals surface area contributed by atoms with E-state index in [0.29, 0.717) is 19.8 Å². The van der Waals surface area contributed by atoms with Crippen molar-refractivity contribution in [2.75, 3.05) is 40.9 Å². The zero-order valence-electron chi connectivity index (χ0n) is 14.4. The zero-order chi connectivity index (χ0) is 16.7. The Kier molecular flexibility index (Phi) is 6.34. The molecular weight excluding hydrogens is 286 g/mol. The second-order valence-electron chi connectivity index (χ2n) is 7.04. The van der Waals surface area contributed by atoms with Crippen molar-refractivity contribution in [2.45, 2.75) is 12.0 Å². The Labute approximate surface area is 139 Å². The van der Waals surface area contributed by atoms with Gasteiger partial charge in [0.2, 0.25) is 0 Å². The highest BCUT2D eigenvalue weighted by Crippen LogP contribution is 2.24. The first-order valence-electron chi connectivity index (χ1n) is 8.12. The summed E-state index contributed by atoms with van der Waals surface area (Å²) in [5, 5.41) is 10.1. The van der Waals surface area contributed by atoms with E-state index in [9.17, 15) is 5.11 Å². The number of likely N-dealkylation sites (N-methyl/N-ethyl adjacent to an activating group) is 1. The first kappa shape index (κ1) is 17.7. The summed E-state index contributed by atoms with van der Waals surface area (Å²) in [7, 11) is 6.21. The predicted molar refractivity (Wildman–Crippen MR) is 94.5 cm³/mol. The molecule has 3 heteroatoms. The Bertz CT molecular complexity index is 524. The highest BCUT2D eigenvalue weighted by Gasteiger charge is 2.18. The molecule has 0 aromatic heterocycles. The molecule has 1 N–H and O–H groups in total. The fourth-order valence-electron chi connectivity index (χ4n) is 2.76. The van der Waals surface area contributed by atoms with Gasteiger partial charge in [0.05, 0.1) is 34.4 Å². The molecule has 0 saturated heterocycles. The lowest BCUT2D eigenvalue weighted by Crippen LogP contribution is -2.43. The van der Waals surface area contributed by atoms with E-state index in [0.717, 1.165) is 4.48 Å². The molecule has 23 heavy (non-hydrogen) atoms. The number of nitrogens with zero attached hydrogens (tertiary/aromatic N) is 1. The topological polar surface area (TPSA) is 29.5 Å². The summed E-state index contributed by atoms with van der Waals surface area (Å²) < 4.78 is 6.58. The fourth-order valence-corrected chi connectivity index (χ4v) is 2.76. The normalized spacial score (nSPS) is 13.3. The fraction of sp³-hybridized carbons (Fsp3) is 0.400. The van der Waals surface area contributed by atoms with Crippen molar-refractivity contribution in [3.8, 4) is 0 Å². The van der Waals surface area contributed by atoms with Crippen LogP contribution in [0, 0.1) is 0 Å². The van der Waals surface area contributed by atoms with Gasteiger partial charge in [-0.2, -0.15) is 0 Å². The summed E-state index contributed by atoms with van der Waals surface area (Å²) >= 11 is 0. The van der Waals surface area contributed by atoms with Crippen molar-refractivity contribution in [3.63, 3.8) is 0 Å². The molecule has 124 valence electrons. The van der Waals surface area contributed by atoms with Gasteiger partial charge in [0.15, 0.2) is 0 Å². The van der Waals surface area contributed by atoms with Gasteiger partial charge >= 0.3 is 0 Å². The third-order valence-electron chi connectivity index (χ3n) is 3.76. The Morgan fingerprint density at radius 1 is 0.826 bits per heavy atom. The molecule has 2 aromatic carbocycles. The van der Waals surface area contributed by atoms with Crippen molar-refractivity contribution in [1.29, 1.82) is 0 Å². The number of quaternary nitrogens is 1. The lowest BCUT2D eigenvalue weighted by atomic mass is 9.92. The summed E-state index contributed by atoms with van der Waals surface area (Å²) in [4.78, 5) is 0. The van der Waals surface area contributed by atoms with Crippen LogP contribution in [0.5, 0.6) is 0 Å². The smallest absolute Gasteiger partial charge is 0.126 e. The van der Waals surface area contributed by atoms with Crippen molar-refractivity contribution in [1.82, 2.24) is 0 Å². The quantitative estimate of drug-likeness (QED) is 0.759. The molecule has 0 bridgehead atoms. The highest BCUT2D eigenvalue weighted by molar-refractivity contribution is 5.32. The van der Waals surface area contributed by atoms with Crippen LogP contribution in [0.1, 0.15) is 17.0 Å². The lowest BCUT2D eigenvalue weighted by Gasteiger charge is -2.27. The van der Waals surface area contributed by atoms with Gasteiger partial charge in [0.1, 0.15) is 12.6 Å². The van der Waals surface area contributed by atoms with Gasteiger partial charge in [-0.05, 0) is 11.1 Å². The molecule has 0 spiro atoms. The van der Waals surface area contributed by atoms with Crippen LogP contribution >= 0.6 is 0 Å². The van der Waals surface area contributed by atoms with E-state index in [4.69, 9.17) is 4.74 Å². The number of ether oxygens (including phenoxy) is 1. The number of hydrogen-bond donors (Lipinski definition) is 1. The molecule has 0 aliphatic heterocycles. The average Bonchev–Trinajstić information content (AvgIpc) is 2.51. The summed E-state index contributed by atoms with van der Waals surface area (Å²) in [6.07, 6.45) is -0.442. The standard InChI is InChI=1S/C20H28NO2/c1-21(2,3)14-19(22)15-23-16-20(17-10-6-4-7-11-17)18-12-8-5-9-13-18/h4-13,19-20,22H,14-16H2,1-3H3/q+1/t19-/m1/s1. The second-order valence-corrected chi connectivity index (χ2v) is 7.04. The summed E-state index contributed by atoms with van der Waals surface area (Å²) in [6.45, 7) is 1.62. The molecule has 0 saturated carbocycles. The molecule has 2 aromatic rings. The first-order valence-corrected chi connectivity index (χ1v) is 8.12. The molecule has 0 unspecified atom stereocenters. The van der Waals surface area contributed by atoms with Gasteiger partial charge in [0.25, 0.3) is 0 Å². The number of rotatable bonds is 8. The summed E-state index contributed by atoms with van der Waals surface area (Å²) in [6, 6.07) is 20.8. The molecule has 0 amide bonds. The van der Waals surface area contributed by atoms with Crippen LogP contribution < -0.4 is 0 Å². The molecule has 1 atom stereocenters. The summed E-state index contributed by atoms with van der Waals surface area (Å²) in [5.41, 5.74) is 2.47. The lowest BCUT2D eigenvalue weighted by molar-refractivity contribution is -0.873. The van der Waals surface area contributed by atoms with Crippen molar-refractivity contribution >= 4 is 0 Å². The van der Waals surface area contributed by atoms with Gasteiger partial charge in [-0.1, -0.05) is 60.7 Å². The molecular formula is C20H28NO2+. The molecule has 0 radical (unpaired) electrons. The van der Waals surface area contributed by atoms with Crippen LogP contribution in [0.4, 0.5) is 0 Å². The van der Waals surface area contributed by atoms with Crippen LogP contribution in [0.3, 0.4) is 0 Å². The second kappa shape index (κ2) is 8.25. The minimum atomic E-state index is -0.442. The first-order chi connectivity index (χ1) is 11.0. The van der Waals surface area contributed by atoms with Crippen LogP contribution in [0.2, 0.25) is 0 Å². The van der Waals surface area contributed by atoms with Crippen LogP contribution in [-0.2, 0) is 4.74 Å². The van der Waals surface area contributed by atoms with Crippen molar-refractivity contribution in [3.05, 3.63) is 71.8 Å². The van der Waals surface area contributed by atoms with E-state index in [1.165, 1.54) is 11.1 Å². The molecule has 0 fully saturated rings. The van der Waals surface area contributed by atoms with E-state index >= 15 is 0 Å². The van der Waals surface area contributed by atoms with Gasteiger partial charge in [-0.3, -0.25) is 0 Å². The third-order valence-corrected chi connectivity index (χ3v) is 3.76. The molecule has 0 aliphatic rings. The number of aliphatic hydroxyl groups is 1. The molecule has 2 rings (SSSR count). The van der Waals surface area contributed by atoms with Crippen molar-refractivity contribution < 1.29 is 14.3 Å². The van der Waals surface area contributed by atoms with Gasteiger partial charge in [0, 0.05) is 5.92 Å². The Balaban J connectivity index is 2.00. The van der Waals surface area contributed by atoms with E-state index < -0.39 is 6.10 Å². The van der Waals surface area contributed by atoms with E-state index in [1.807, 2.05) is 12.1 Å². The average molecular weight is 314 g/mol. The Hall–Kier alpha value is -1.68. The third kappa shape index (κ3) is 6.14. The maximum absolute atomic E-state index is 10.1. The van der Waals surface area contributed by atoms with E-state index in [2.05, 4.69) is 69.7 Å². The van der Waals surface area contributed by atoms with Crippen molar-refractivity contribution in [2.24, 2.45) is 0 Å². The summed E-state index contributed by atoms with van der Waals surface area (Å²) in [5.74, 6) is 0.189. The van der Waals surface area contributed by atoms with E-state index in [-0.39, 0.29) is 5.92 Å². The minimum Gasteiger partial charge on any atom is -0.385 e. The minimum absolute atomic E-state index is 0.189.